The summed E-state index contributed by atoms with van der Waals surface area (Å²) in [6.07, 6.45) is 4.73. The number of carbonyl (C=O) groups excluding carboxylic acids is 1. The Morgan fingerprint density at radius 2 is 1.92 bits per heavy atom. The first-order valence-corrected chi connectivity index (χ1v) is 13.1. The summed E-state index contributed by atoms with van der Waals surface area (Å²) in [7, 11) is 0. The lowest BCUT2D eigenvalue weighted by Gasteiger charge is -2.23. The third-order valence-electron chi connectivity index (χ3n) is 6.03. The van der Waals surface area contributed by atoms with Crippen molar-refractivity contribution in [1.82, 2.24) is 19.9 Å². The van der Waals surface area contributed by atoms with E-state index in [0.717, 1.165) is 39.3 Å². The highest BCUT2D eigenvalue weighted by atomic mass is 79.9. The van der Waals surface area contributed by atoms with Gasteiger partial charge in [0.2, 0.25) is 0 Å². The third kappa shape index (κ3) is 6.57. The largest absolute Gasteiger partial charge is 0.493 e. The van der Waals surface area contributed by atoms with Crippen molar-refractivity contribution in [3.8, 4) is 5.75 Å². The number of fused-ring (bicyclic) bond motifs is 3. The average Bonchev–Trinajstić information content (AvgIpc) is 3.26. The third-order valence-corrected chi connectivity index (χ3v) is 6.53. The Balaban J connectivity index is 1.41. The molecule has 1 N–H and O–H groups in total. The van der Waals surface area contributed by atoms with Crippen LogP contribution >= 0.6 is 15.9 Å². The summed E-state index contributed by atoms with van der Waals surface area (Å²) in [5.74, 6) is 0.141. The smallest absolute Gasteiger partial charge is 0.408 e. The Bertz CT molecular complexity index is 1420. The van der Waals surface area contributed by atoms with Crippen molar-refractivity contribution in [2.45, 2.75) is 65.1 Å². The summed E-state index contributed by atoms with van der Waals surface area (Å²) >= 11 is 3.56. The van der Waals surface area contributed by atoms with E-state index in [1.165, 1.54) is 12.1 Å². The van der Waals surface area contributed by atoms with Crippen molar-refractivity contribution in [3.05, 3.63) is 64.8 Å². The number of ether oxygens (including phenoxy) is 2. The number of hydrogen-bond donors (Lipinski definition) is 1. The van der Waals surface area contributed by atoms with Crippen molar-refractivity contribution < 1.29 is 18.7 Å². The second-order valence-electron chi connectivity index (χ2n) is 10.2. The molecule has 0 aliphatic carbocycles. The Labute approximate surface area is 224 Å². The minimum atomic E-state index is -0.623. The van der Waals surface area contributed by atoms with E-state index in [9.17, 15) is 9.18 Å². The fourth-order valence-corrected chi connectivity index (χ4v) is 4.63. The topological polar surface area (TPSA) is 78.3 Å². The van der Waals surface area contributed by atoms with E-state index in [4.69, 9.17) is 9.47 Å². The molecule has 2 aromatic heterocycles. The molecule has 0 aliphatic rings. The van der Waals surface area contributed by atoms with Gasteiger partial charge < -0.3 is 19.4 Å². The number of hydrogen-bond acceptors (Lipinski definition) is 5. The summed E-state index contributed by atoms with van der Waals surface area (Å²) < 4.78 is 28.6. The van der Waals surface area contributed by atoms with Crippen LogP contribution < -0.4 is 10.1 Å². The van der Waals surface area contributed by atoms with Crippen molar-refractivity contribution in [2.75, 3.05) is 6.61 Å². The molecule has 4 aromatic rings. The zero-order chi connectivity index (χ0) is 26.7. The molecule has 37 heavy (non-hydrogen) atoms. The molecule has 2 aromatic carbocycles. The number of imidazole rings is 1. The molecule has 0 saturated heterocycles. The fourth-order valence-electron chi connectivity index (χ4n) is 4.27. The van der Waals surface area contributed by atoms with Crippen molar-refractivity contribution in [2.24, 2.45) is 0 Å². The first-order valence-electron chi connectivity index (χ1n) is 12.3. The molecule has 1 unspecified atom stereocenters. The van der Waals surface area contributed by atoms with E-state index in [-0.39, 0.29) is 6.04 Å². The molecule has 0 fully saturated rings. The van der Waals surface area contributed by atoms with Gasteiger partial charge in [-0.1, -0.05) is 15.9 Å². The van der Waals surface area contributed by atoms with Crippen LogP contribution in [-0.2, 0) is 4.74 Å². The number of benzene rings is 2. The van der Waals surface area contributed by atoms with Crippen LogP contribution in [0, 0.1) is 5.82 Å². The van der Waals surface area contributed by atoms with Gasteiger partial charge in [0.25, 0.3) is 0 Å². The molecule has 0 spiro atoms. The van der Waals surface area contributed by atoms with Crippen molar-refractivity contribution >= 4 is 44.0 Å². The van der Waals surface area contributed by atoms with Crippen LogP contribution in [0.2, 0.25) is 0 Å². The van der Waals surface area contributed by atoms with Gasteiger partial charge in [-0.05, 0) is 83.9 Å². The second-order valence-corrected chi connectivity index (χ2v) is 11.1. The van der Waals surface area contributed by atoms with Gasteiger partial charge in [-0.2, -0.15) is 0 Å². The number of halogens is 2. The maximum absolute atomic E-state index is 14.0. The van der Waals surface area contributed by atoms with E-state index in [2.05, 4.69) is 48.8 Å². The van der Waals surface area contributed by atoms with Crippen LogP contribution in [0.15, 0.2) is 53.4 Å². The van der Waals surface area contributed by atoms with Crippen molar-refractivity contribution in [3.63, 3.8) is 0 Å². The lowest BCUT2D eigenvalue weighted by atomic mass is 10.1. The standard InChI is InChI=1S/C28H32BrFN4O3/c1-17(34-16-32-24-15-31-23-10-8-19(29)13-22(23)26(24)34)7-6-12-36-25-11-9-20(30)14-21(25)18(2)33-27(35)37-28(3,4)5/h8-11,13-18H,6-7,12H2,1-5H3,(H,33,35)/t17?,18-/m1/s1. The normalized spacial score (nSPS) is 13.5. The maximum atomic E-state index is 14.0. The summed E-state index contributed by atoms with van der Waals surface area (Å²) in [4.78, 5) is 21.3. The Kier molecular flexibility index (Phi) is 8.02. The predicted molar refractivity (Wildman–Crippen MR) is 146 cm³/mol. The van der Waals surface area contributed by atoms with E-state index >= 15 is 0 Å². The summed E-state index contributed by atoms with van der Waals surface area (Å²) in [5, 5.41) is 3.81. The molecule has 4 rings (SSSR count). The SMILES string of the molecule is CC(CCCOc1ccc(F)cc1[C@@H](C)NC(=O)OC(C)(C)C)n1cnc2cnc3ccc(Br)cc3c21. The number of alkyl carbamates (subject to hydrolysis) is 1. The number of aromatic nitrogens is 3. The summed E-state index contributed by atoms with van der Waals surface area (Å²) in [5.41, 5.74) is 2.77. The number of nitrogens with zero attached hydrogens (tertiary/aromatic N) is 3. The summed E-state index contributed by atoms with van der Waals surface area (Å²) in [6, 6.07) is 10.1. The lowest BCUT2D eigenvalue weighted by molar-refractivity contribution is 0.0507. The molecule has 0 bridgehead atoms. The van der Waals surface area contributed by atoms with Crippen LogP contribution in [0.1, 0.15) is 65.1 Å². The highest BCUT2D eigenvalue weighted by Crippen LogP contribution is 2.30. The zero-order valence-electron chi connectivity index (χ0n) is 21.7. The van der Waals surface area contributed by atoms with E-state index in [1.54, 1.807) is 40.0 Å². The molecule has 0 aliphatic heterocycles. The quantitative estimate of drug-likeness (QED) is 0.222. The molecule has 2 atom stereocenters. The maximum Gasteiger partial charge on any atom is 0.408 e. The van der Waals surface area contributed by atoms with Crippen LogP contribution in [0.5, 0.6) is 5.75 Å². The van der Waals surface area contributed by atoms with E-state index in [0.29, 0.717) is 17.9 Å². The fraction of sp³-hybridized carbons (Fsp3) is 0.393. The molecule has 1 amide bonds. The van der Waals surface area contributed by atoms with Gasteiger partial charge in [-0.3, -0.25) is 4.98 Å². The highest BCUT2D eigenvalue weighted by molar-refractivity contribution is 9.10. The van der Waals surface area contributed by atoms with Crippen molar-refractivity contribution in [1.29, 1.82) is 0 Å². The van der Waals surface area contributed by atoms with E-state index in [1.807, 2.05) is 18.5 Å². The van der Waals surface area contributed by atoms with E-state index < -0.39 is 23.6 Å². The molecular weight excluding hydrogens is 539 g/mol. The second kappa shape index (κ2) is 11.0. The Morgan fingerprint density at radius 3 is 2.68 bits per heavy atom. The molecule has 7 nitrogen and oxygen atoms in total. The number of nitrogens with one attached hydrogen (secondary N) is 1. The van der Waals surface area contributed by atoms with Gasteiger partial charge in [0.05, 0.1) is 36.2 Å². The van der Waals surface area contributed by atoms with Crippen LogP contribution in [0.3, 0.4) is 0 Å². The molecule has 196 valence electrons. The average molecular weight is 571 g/mol. The molecule has 0 saturated carbocycles. The number of pyridine rings is 1. The van der Waals surface area contributed by atoms with Gasteiger partial charge in [0, 0.05) is 21.5 Å². The first kappa shape index (κ1) is 26.9. The van der Waals surface area contributed by atoms with Gasteiger partial charge in [-0.25, -0.2) is 14.2 Å². The summed E-state index contributed by atoms with van der Waals surface area (Å²) in [6.45, 7) is 9.75. The minimum Gasteiger partial charge on any atom is -0.493 e. The number of rotatable bonds is 8. The molecule has 0 radical (unpaired) electrons. The molecule has 2 heterocycles. The van der Waals surface area contributed by atoms with Gasteiger partial charge in [0.15, 0.2) is 0 Å². The highest BCUT2D eigenvalue weighted by Gasteiger charge is 2.21. The Hall–Kier alpha value is -3.20. The predicted octanol–water partition coefficient (Wildman–Crippen LogP) is 7.49. The number of carbonyl (C=O) groups is 1. The first-order chi connectivity index (χ1) is 17.5. The van der Waals surface area contributed by atoms with Gasteiger partial charge in [-0.15, -0.1) is 0 Å². The molecular formula is C28H32BrFN4O3. The van der Waals surface area contributed by atoms with Crippen LogP contribution in [0.25, 0.3) is 21.9 Å². The Morgan fingerprint density at radius 1 is 1.14 bits per heavy atom. The number of amides is 1. The van der Waals surface area contributed by atoms with Gasteiger partial charge >= 0.3 is 6.09 Å². The van der Waals surface area contributed by atoms with Crippen LogP contribution in [0.4, 0.5) is 9.18 Å². The monoisotopic (exact) mass is 570 g/mol. The lowest BCUT2D eigenvalue weighted by Crippen LogP contribution is -2.34. The molecule has 9 heteroatoms. The minimum absolute atomic E-state index is 0.179. The van der Waals surface area contributed by atoms with Crippen LogP contribution in [-0.4, -0.2) is 32.8 Å². The zero-order valence-corrected chi connectivity index (χ0v) is 23.3. The van der Waals surface area contributed by atoms with Gasteiger partial charge in [0.1, 0.15) is 22.7 Å².